The second-order valence-electron chi connectivity index (χ2n) is 11.7. The van der Waals surface area contributed by atoms with Crippen LogP contribution >= 0.6 is 0 Å². The number of hydrogen-bond donors (Lipinski definition) is 10. The Morgan fingerprint density at radius 3 is 2.12 bits per heavy atom. The van der Waals surface area contributed by atoms with Crippen LogP contribution in [0, 0.1) is 0 Å². The Kier molecular flexibility index (Phi) is 10.1. The maximum Gasteiger partial charge on any atom is 0.345 e. The number of nitrogens with one attached hydrogen (secondary N) is 1. The fraction of sp³-hybridized carbons (Fsp3) is 0.189. The molecule has 13 nitrogen and oxygen atoms in total. The maximum absolute atomic E-state index is 13.1. The second-order valence-corrected chi connectivity index (χ2v) is 11.7. The maximum atomic E-state index is 13.1. The van der Waals surface area contributed by atoms with E-state index in [2.05, 4.69) is 5.32 Å². The SMILES string of the molecule is CCNC[C@@H](c1cc(O)c(O)c(O)c1)[C@@H](OC(=O)C=Cc1cc(O)c(O)c2c1C=C(c1cc(O)c(O)cc1-c1cccc(O)c1)CC2)C(=O)O. The van der Waals surface area contributed by atoms with Gasteiger partial charge in [0, 0.05) is 24.1 Å². The van der Waals surface area contributed by atoms with Crippen LogP contribution in [0.15, 0.2) is 60.7 Å². The van der Waals surface area contributed by atoms with Crippen LogP contribution < -0.4 is 5.32 Å². The van der Waals surface area contributed by atoms with Crippen molar-refractivity contribution in [1.29, 1.82) is 0 Å². The highest BCUT2D eigenvalue weighted by Crippen LogP contribution is 2.46. The third-order valence-corrected chi connectivity index (χ3v) is 8.42. The molecule has 0 fully saturated rings. The van der Waals surface area contributed by atoms with Crippen LogP contribution in [0.2, 0.25) is 0 Å². The minimum atomic E-state index is -1.80. The lowest BCUT2D eigenvalue weighted by molar-refractivity contribution is -0.162. The van der Waals surface area contributed by atoms with Crippen molar-refractivity contribution in [2.24, 2.45) is 0 Å². The highest BCUT2D eigenvalue weighted by atomic mass is 16.6. The van der Waals surface area contributed by atoms with Gasteiger partial charge in [0.15, 0.2) is 40.2 Å². The van der Waals surface area contributed by atoms with E-state index in [9.17, 15) is 55.5 Å². The standard InChI is InChI=1S/C37H35NO12/c1-2-38-17-27(21-13-31(43)35(47)32(44)14-21)36(37(48)49)50-33(45)9-7-20-12-30(42)34(46)23-8-6-19(11-24(20)23)26-16-29(41)28(40)15-25(26)18-4-3-5-22(39)10-18/h3-5,7,9-16,27,36,38-44,46-47H,2,6,8,17H2,1H3,(H,48,49)/t27-,36+/m0/s1. The van der Waals surface area contributed by atoms with Gasteiger partial charge in [-0.1, -0.05) is 25.1 Å². The van der Waals surface area contributed by atoms with Crippen molar-refractivity contribution in [3.63, 3.8) is 0 Å². The number of phenols is 8. The first-order valence-corrected chi connectivity index (χ1v) is 15.5. The normalized spacial score (nSPS) is 13.7. The third-order valence-electron chi connectivity index (χ3n) is 8.42. The van der Waals surface area contributed by atoms with E-state index < -0.39 is 47.0 Å². The molecular formula is C37H35NO12. The molecule has 0 saturated carbocycles. The molecule has 0 heterocycles. The molecule has 4 aromatic carbocycles. The number of fused-ring (bicyclic) bond motifs is 1. The van der Waals surface area contributed by atoms with E-state index in [0.29, 0.717) is 46.4 Å². The molecule has 4 aromatic rings. The van der Waals surface area contributed by atoms with Crippen LogP contribution in [0.3, 0.4) is 0 Å². The number of phenolic OH excluding ortho intramolecular Hbond substituents is 8. The first-order valence-electron chi connectivity index (χ1n) is 15.5. The van der Waals surface area contributed by atoms with Gasteiger partial charge in [-0.05, 0) is 107 Å². The molecule has 10 N–H and O–H groups in total. The zero-order valence-electron chi connectivity index (χ0n) is 26.7. The summed E-state index contributed by atoms with van der Waals surface area (Å²) in [5, 5.41) is 94.8. The fourth-order valence-electron chi connectivity index (χ4n) is 5.95. The minimum absolute atomic E-state index is 0.0128. The molecule has 260 valence electrons. The van der Waals surface area contributed by atoms with Gasteiger partial charge in [0.05, 0.1) is 0 Å². The molecule has 2 atom stereocenters. The molecule has 50 heavy (non-hydrogen) atoms. The number of benzene rings is 4. The third kappa shape index (κ3) is 7.22. The number of allylic oxidation sites excluding steroid dienone is 1. The van der Waals surface area contributed by atoms with Crippen molar-refractivity contribution >= 4 is 29.7 Å². The molecular weight excluding hydrogens is 650 g/mol. The van der Waals surface area contributed by atoms with Gasteiger partial charge in [0.25, 0.3) is 0 Å². The first kappa shape index (κ1) is 35.0. The molecule has 1 aliphatic carbocycles. The Hall–Kier alpha value is -6.34. The zero-order chi connectivity index (χ0) is 36.3. The van der Waals surface area contributed by atoms with E-state index in [0.717, 1.165) is 18.2 Å². The number of carbonyl (C=O) groups is 2. The Morgan fingerprint density at radius 2 is 1.48 bits per heavy atom. The van der Waals surface area contributed by atoms with Gasteiger partial charge in [-0.15, -0.1) is 0 Å². The second kappa shape index (κ2) is 14.4. The van der Waals surface area contributed by atoms with E-state index in [4.69, 9.17) is 4.74 Å². The molecule has 1 aliphatic rings. The number of likely N-dealkylation sites (N-methyl/N-ethyl adjacent to an activating group) is 1. The quantitative estimate of drug-likeness (QED) is 0.0576. The van der Waals surface area contributed by atoms with Crippen LogP contribution in [-0.2, 0) is 20.7 Å². The summed E-state index contributed by atoms with van der Waals surface area (Å²) in [5.41, 5.74) is 3.33. The summed E-state index contributed by atoms with van der Waals surface area (Å²) in [5.74, 6) is -7.50. The number of carboxylic acid groups (broad SMARTS) is 1. The molecule has 0 bridgehead atoms. The predicted molar refractivity (Wildman–Crippen MR) is 182 cm³/mol. The van der Waals surface area contributed by atoms with Crippen molar-refractivity contribution in [3.8, 4) is 57.1 Å². The van der Waals surface area contributed by atoms with Crippen LogP contribution in [0.25, 0.3) is 28.9 Å². The topological polar surface area (TPSA) is 237 Å². The Labute approximate surface area is 285 Å². The van der Waals surface area contributed by atoms with Crippen molar-refractivity contribution in [1.82, 2.24) is 5.32 Å². The number of esters is 1. The molecule has 0 aliphatic heterocycles. The van der Waals surface area contributed by atoms with E-state index in [1.165, 1.54) is 36.4 Å². The van der Waals surface area contributed by atoms with Crippen molar-refractivity contribution in [2.45, 2.75) is 31.8 Å². The number of carbonyl (C=O) groups excluding carboxylic acids is 1. The smallest absolute Gasteiger partial charge is 0.345 e. The number of aliphatic carboxylic acids is 1. The molecule has 0 amide bonds. The Morgan fingerprint density at radius 1 is 0.820 bits per heavy atom. The van der Waals surface area contributed by atoms with Crippen molar-refractivity contribution in [2.75, 3.05) is 13.1 Å². The van der Waals surface area contributed by atoms with Crippen LogP contribution in [0.4, 0.5) is 0 Å². The lowest BCUT2D eigenvalue weighted by atomic mass is 9.83. The molecule has 0 unspecified atom stereocenters. The predicted octanol–water partition coefficient (Wildman–Crippen LogP) is 4.89. The Bertz CT molecular complexity index is 2010. The average molecular weight is 686 g/mol. The Balaban J connectivity index is 1.51. The van der Waals surface area contributed by atoms with E-state index in [-0.39, 0.29) is 47.1 Å². The molecule has 5 rings (SSSR count). The zero-order valence-corrected chi connectivity index (χ0v) is 26.7. The highest BCUT2D eigenvalue weighted by molar-refractivity contribution is 5.96. The van der Waals surface area contributed by atoms with Gasteiger partial charge in [-0.3, -0.25) is 0 Å². The minimum Gasteiger partial charge on any atom is -0.508 e. The van der Waals surface area contributed by atoms with Crippen molar-refractivity contribution < 1.29 is 60.3 Å². The largest absolute Gasteiger partial charge is 0.508 e. The summed E-state index contributed by atoms with van der Waals surface area (Å²) in [6.45, 7) is 2.13. The first-order chi connectivity index (χ1) is 23.8. The van der Waals surface area contributed by atoms with Crippen LogP contribution in [0.5, 0.6) is 46.0 Å². The number of aromatic hydroxyl groups is 8. The lowest BCUT2D eigenvalue weighted by Crippen LogP contribution is -2.38. The van der Waals surface area contributed by atoms with Gasteiger partial charge in [0.2, 0.25) is 6.10 Å². The molecule has 0 aromatic heterocycles. The summed E-state index contributed by atoms with van der Waals surface area (Å²) in [6, 6.07) is 12.4. The molecule has 0 saturated heterocycles. The highest BCUT2D eigenvalue weighted by Gasteiger charge is 2.34. The average Bonchev–Trinajstić information content (AvgIpc) is 3.08. The molecule has 13 heteroatoms. The van der Waals surface area contributed by atoms with Gasteiger partial charge < -0.3 is 56.0 Å². The summed E-state index contributed by atoms with van der Waals surface area (Å²) in [7, 11) is 0. The van der Waals surface area contributed by atoms with Gasteiger partial charge >= 0.3 is 11.9 Å². The summed E-state index contributed by atoms with van der Waals surface area (Å²) >= 11 is 0. The van der Waals surface area contributed by atoms with Gasteiger partial charge in [0.1, 0.15) is 5.75 Å². The fourth-order valence-corrected chi connectivity index (χ4v) is 5.95. The van der Waals surface area contributed by atoms with Crippen LogP contribution in [0.1, 0.15) is 47.1 Å². The van der Waals surface area contributed by atoms with E-state index >= 15 is 0 Å². The van der Waals surface area contributed by atoms with Crippen LogP contribution in [-0.4, -0.2) is 77.1 Å². The monoisotopic (exact) mass is 685 g/mol. The van der Waals surface area contributed by atoms with E-state index in [1.54, 1.807) is 25.1 Å². The van der Waals surface area contributed by atoms with Gasteiger partial charge in [-0.2, -0.15) is 0 Å². The van der Waals surface area contributed by atoms with Gasteiger partial charge in [-0.25, -0.2) is 9.59 Å². The summed E-state index contributed by atoms with van der Waals surface area (Å²) in [6.07, 6.45) is 2.68. The lowest BCUT2D eigenvalue weighted by Gasteiger charge is -2.25. The number of carboxylic acids is 1. The molecule has 0 radical (unpaired) electrons. The van der Waals surface area contributed by atoms with Crippen molar-refractivity contribution in [3.05, 3.63) is 88.5 Å². The van der Waals surface area contributed by atoms with E-state index in [1.807, 2.05) is 0 Å². The number of rotatable bonds is 11. The summed E-state index contributed by atoms with van der Waals surface area (Å²) < 4.78 is 5.35. The summed E-state index contributed by atoms with van der Waals surface area (Å²) in [4.78, 5) is 25.4. The number of hydrogen-bond acceptors (Lipinski definition) is 12. The molecule has 0 spiro atoms. The number of ether oxygens (including phenoxy) is 1.